The van der Waals surface area contributed by atoms with Crippen molar-refractivity contribution in [1.29, 1.82) is 0 Å². The third-order valence-electron chi connectivity index (χ3n) is 5.72. The Morgan fingerprint density at radius 1 is 0.826 bits per heavy atom. The number of rotatable bonds is 11. The lowest BCUT2D eigenvalue weighted by molar-refractivity contribution is 0.0210. The zero-order valence-electron chi connectivity index (χ0n) is 16.0. The molecule has 4 unspecified atom stereocenters. The highest BCUT2D eigenvalue weighted by molar-refractivity contribution is 4.80. The SMILES string of the molecule is CCC(C)CC(O)CN(CC(O)CC(C)CC)C1CCCCC1. The zero-order chi connectivity index (χ0) is 17.2. The van der Waals surface area contributed by atoms with Gasteiger partial charge in [-0.05, 0) is 37.5 Å². The van der Waals surface area contributed by atoms with Crippen LogP contribution in [0.5, 0.6) is 0 Å². The predicted molar refractivity (Wildman–Crippen MR) is 98.6 cm³/mol. The Bertz CT molecular complexity index is 271. The second-order valence-corrected chi connectivity index (χ2v) is 8.05. The molecule has 138 valence electrons. The number of aliphatic hydroxyl groups is 2. The molecule has 0 amide bonds. The number of hydrogen-bond acceptors (Lipinski definition) is 3. The first kappa shape index (κ1) is 20.9. The number of hydrogen-bond donors (Lipinski definition) is 2. The molecule has 0 aromatic rings. The highest BCUT2D eigenvalue weighted by atomic mass is 16.3. The summed E-state index contributed by atoms with van der Waals surface area (Å²) in [6.45, 7) is 10.3. The molecular weight excluding hydrogens is 286 g/mol. The Labute approximate surface area is 144 Å². The van der Waals surface area contributed by atoms with Gasteiger partial charge in [-0.25, -0.2) is 0 Å². The Morgan fingerprint density at radius 3 is 1.65 bits per heavy atom. The molecular formula is C20H41NO2. The quantitative estimate of drug-likeness (QED) is 0.597. The summed E-state index contributed by atoms with van der Waals surface area (Å²) in [6, 6.07) is 0.557. The fourth-order valence-corrected chi connectivity index (χ4v) is 3.77. The summed E-state index contributed by atoms with van der Waals surface area (Å²) < 4.78 is 0. The van der Waals surface area contributed by atoms with Crippen LogP contribution in [0, 0.1) is 11.8 Å². The average Bonchev–Trinajstić information content (AvgIpc) is 2.54. The summed E-state index contributed by atoms with van der Waals surface area (Å²) in [4.78, 5) is 2.40. The first-order valence-corrected chi connectivity index (χ1v) is 10.1. The fourth-order valence-electron chi connectivity index (χ4n) is 3.77. The van der Waals surface area contributed by atoms with Gasteiger partial charge in [0.25, 0.3) is 0 Å². The summed E-state index contributed by atoms with van der Waals surface area (Å²) in [5.41, 5.74) is 0. The zero-order valence-corrected chi connectivity index (χ0v) is 16.0. The predicted octanol–water partition coefficient (Wildman–Crippen LogP) is 4.22. The van der Waals surface area contributed by atoms with E-state index in [0.29, 0.717) is 17.9 Å². The average molecular weight is 328 g/mol. The third-order valence-corrected chi connectivity index (χ3v) is 5.72. The molecule has 0 radical (unpaired) electrons. The maximum atomic E-state index is 10.5. The van der Waals surface area contributed by atoms with E-state index < -0.39 is 0 Å². The van der Waals surface area contributed by atoms with Crippen LogP contribution in [0.2, 0.25) is 0 Å². The Hall–Kier alpha value is -0.120. The van der Waals surface area contributed by atoms with Crippen molar-refractivity contribution in [3.63, 3.8) is 0 Å². The van der Waals surface area contributed by atoms with Gasteiger partial charge >= 0.3 is 0 Å². The summed E-state index contributed by atoms with van der Waals surface area (Å²) in [5, 5.41) is 20.9. The van der Waals surface area contributed by atoms with Crippen LogP contribution in [0.25, 0.3) is 0 Å². The van der Waals surface area contributed by atoms with Crippen molar-refractivity contribution in [3.05, 3.63) is 0 Å². The lowest BCUT2D eigenvalue weighted by atomic mass is 9.92. The molecule has 1 rings (SSSR count). The van der Waals surface area contributed by atoms with E-state index in [0.717, 1.165) is 38.8 Å². The van der Waals surface area contributed by atoms with Crippen molar-refractivity contribution in [3.8, 4) is 0 Å². The van der Waals surface area contributed by atoms with Crippen molar-refractivity contribution < 1.29 is 10.2 Å². The molecule has 0 bridgehead atoms. The molecule has 0 heterocycles. The number of aliphatic hydroxyl groups excluding tert-OH is 2. The van der Waals surface area contributed by atoms with E-state index in [1.165, 1.54) is 32.1 Å². The van der Waals surface area contributed by atoms with Crippen molar-refractivity contribution in [2.45, 2.75) is 104 Å². The second-order valence-electron chi connectivity index (χ2n) is 8.05. The van der Waals surface area contributed by atoms with Crippen LogP contribution >= 0.6 is 0 Å². The van der Waals surface area contributed by atoms with Crippen molar-refractivity contribution in [2.24, 2.45) is 11.8 Å². The largest absolute Gasteiger partial charge is 0.392 e. The lowest BCUT2D eigenvalue weighted by Gasteiger charge is -2.37. The maximum Gasteiger partial charge on any atom is 0.0669 e. The molecule has 2 N–H and O–H groups in total. The molecule has 1 saturated carbocycles. The monoisotopic (exact) mass is 327 g/mol. The van der Waals surface area contributed by atoms with E-state index >= 15 is 0 Å². The van der Waals surface area contributed by atoms with Crippen molar-refractivity contribution in [2.75, 3.05) is 13.1 Å². The van der Waals surface area contributed by atoms with E-state index in [2.05, 4.69) is 32.6 Å². The summed E-state index contributed by atoms with van der Waals surface area (Å²) in [5.74, 6) is 1.14. The molecule has 0 aliphatic heterocycles. The Balaban J connectivity index is 2.57. The van der Waals surface area contributed by atoms with E-state index in [1.807, 2.05) is 0 Å². The van der Waals surface area contributed by atoms with Gasteiger partial charge in [-0.3, -0.25) is 4.90 Å². The molecule has 23 heavy (non-hydrogen) atoms. The van der Waals surface area contributed by atoms with E-state index in [-0.39, 0.29) is 12.2 Å². The minimum atomic E-state index is -0.261. The van der Waals surface area contributed by atoms with Crippen LogP contribution in [0.4, 0.5) is 0 Å². The van der Waals surface area contributed by atoms with Gasteiger partial charge < -0.3 is 10.2 Å². The van der Waals surface area contributed by atoms with Gasteiger partial charge in [0.1, 0.15) is 0 Å². The van der Waals surface area contributed by atoms with Crippen LogP contribution in [0.15, 0.2) is 0 Å². The Morgan fingerprint density at radius 2 is 1.26 bits per heavy atom. The van der Waals surface area contributed by atoms with Crippen molar-refractivity contribution in [1.82, 2.24) is 4.90 Å². The van der Waals surface area contributed by atoms with E-state index in [4.69, 9.17) is 0 Å². The van der Waals surface area contributed by atoms with Crippen LogP contribution < -0.4 is 0 Å². The lowest BCUT2D eigenvalue weighted by Crippen LogP contribution is -2.46. The molecule has 0 aromatic heterocycles. The van der Waals surface area contributed by atoms with Crippen LogP contribution in [0.3, 0.4) is 0 Å². The third kappa shape index (κ3) is 8.51. The minimum Gasteiger partial charge on any atom is -0.392 e. The van der Waals surface area contributed by atoms with E-state index in [1.54, 1.807) is 0 Å². The molecule has 1 fully saturated rings. The van der Waals surface area contributed by atoms with Gasteiger partial charge in [0.2, 0.25) is 0 Å². The first-order valence-electron chi connectivity index (χ1n) is 10.1. The van der Waals surface area contributed by atoms with Crippen LogP contribution in [0.1, 0.15) is 85.5 Å². The van der Waals surface area contributed by atoms with Crippen LogP contribution in [-0.4, -0.2) is 46.5 Å². The standard InChI is InChI=1S/C20H41NO2/c1-5-16(3)12-19(22)14-21(18-10-8-7-9-11-18)15-20(23)13-17(4)6-2/h16-20,22-23H,5-15H2,1-4H3. The minimum absolute atomic E-state index is 0.261. The molecule has 0 spiro atoms. The molecule has 4 atom stereocenters. The normalized spacial score (nSPS) is 22.0. The first-order chi connectivity index (χ1) is 11.0. The summed E-state index contributed by atoms with van der Waals surface area (Å²) in [7, 11) is 0. The van der Waals surface area contributed by atoms with Gasteiger partial charge in [0.05, 0.1) is 12.2 Å². The van der Waals surface area contributed by atoms with Gasteiger partial charge in [-0.1, -0.05) is 59.8 Å². The van der Waals surface area contributed by atoms with E-state index in [9.17, 15) is 10.2 Å². The van der Waals surface area contributed by atoms with Crippen molar-refractivity contribution >= 4 is 0 Å². The molecule has 1 aliphatic rings. The highest BCUT2D eigenvalue weighted by Gasteiger charge is 2.26. The second kappa shape index (κ2) is 11.4. The summed E-state index contributed by atoms with van der Waals surface area (Å²) >= 11 is 0. The topological polar surface area (TPSA) is 43.7 Å². The molecule has 3 heteroatoms. The van der Waals surface area contributed by atoms with Gasteiger partial charge in [-0.2, -0.15) is 0 Å². The summed E-state index contributed by atoms with van der Waals surface area (Å²) in [6.07, 6.45) is 9.86. The highest BCUT2D eigenvalue weighted by Crippen LogP contribution is 2.24. The smallest absolute Gasteiger partial charge is 0.0669 e. The van der Waals surface area contributed by atoms with Crippen LogP contribution in [-0.2, 0) is 0 Å². The molecule has 0 saturated heterocycles. The maximum absolute atomic E-state index is 10.5. The number of nitrogens with zero attached hydrogens (tertiary/aromatic N) is 1. The molecule has 1 aliphatic carbocycles. The Kier molecular flexibility index (Phi) is 10.4. The molecule has 3 nitrogen and oxygen atoms in total. The van der Waals surface area contributed by atoms with Gasteiger partial charge in [-0.15, -0.1) is 0 Å². The fraction of sp³-hybridized carbons (Fsp3) is 1.00. The van der Waals surface area contributed by atoms with Gasteiger partial charge in [0, 0.05) is 19.1 Å². The molecule has 0 aromatic carbocycles. The van der Waals surface area contributed by atoms with Gasteiger partial charge in [0.15, 0.2) is 0 Å².